The van der Waals surface area contributed by atoms with Crippen LogP contribution in [-0.4, -0.2) is 5.91 Å². The van der Waals surface area contributed by atoms with E-state index in [4.69, 9.17) is 5.73 Å². The highest BCUT2D eigenvalue weighted by Gasteiger charge is 2.14. The predicted octanol–water partition coefficient (Wildman–Crippen LogP) is 4.13. The molecule has 3 N–H and O–H groups in total. The zero-order valence-electron chi connectivity index (χ0n) is 13.0. The van der Waals surface area contributed by atoms with Crippen LogP contribution in [0, 0.1) is 6.92 Å². The highest BCUT2D eigenvalue weighted by molar-refractivity contribution is 6.08. The molecule has 0 saturated heterocycles. The molecule has 0 aliphatic heterocycles. The number of nitrogen functional groups attached to an aromatic ring is 1. The van der Waals surface area contributed by atoms with E-state index in [0.717, 1.165) is 11.3 Å². The lowest BCUT2D eigenvalue weighted by Gasteiger charge is -2.19. The van der Waals surface area contributed by atoms with E-state index in [9.17, 15) is 4.79 Å². The van der Waals surface area contributed by atoms with E-state index in [1.807, 2.05) is 43.3 Å². The SMILES string of the molecule is Cc1cccc(C(=O)Nc2ccc(C(C)(C)C)cc2)c1N. The molecule has 0 bridgehead atoms. The Kier molecular flexibility index (Phi) is 4.03. The Labute approximate surface area is 126 Å². The normalized spacial score (nSPS) is 11.2. The zero-order chi connectivity index (χ0) is 15.6. The summed E-state index contributed by atoms with van der Waals surface area (Å²) in [6, 6.07) is 13.4. The van der Waals surface area contributed by atoms with Gasteiger partial charge in [0.05, 0.1) is 5.56 Å². The molecule has 3 nitrogen and oxygen atoms in total. The van der Waals surface area contributed by atoms with Crippen molar-refractivity contribution in [3.8, 4) is 0 Å². The van der Waals surface area contributed by atoms with Crippen molar-refractivity contribution in [3.63, 3.8) is 0 Å². The number of nitrogens with two attached hydrogens (primary N) is 1. The lowest BCUT2D eigenvalue weighted by Crippen LogP contribution is -2.15. The highest BCUT2D eigenvalue weighted by atomic mass is 16.1. The van der Waals surface area contributed by atoms with E-state index in [1.54, 1.807) is 6.07 Å². The fraction of sp³-hybridized carbons (Fsp3) is 0.278. The third-order valence-corrected chi connectivity index (χ3v) is 3.58. The summed E-state index contributed by atoms with van der Waals surface area (Å²) in [5.41, 5.74) is 10.0. The highest BCUT2D eigenvalue weighted by Crippen LogP contribution is 2.24. The van der Waals surface area contributed by atoms with Crippen LogP contribution in [0.25, 0.3) is 0 Å². The van der Waals surface area contributed by atoms with Crippen LogP contribution < -0.4 is 11.1 Å². The number of para-hydroxylation sites is 1. The van der Waals surface area contributed by atoms with Crippen molar-refractivity contribution in [3.05, 3.63) is 59.2 Å². The molecule has 0 fully saturated rings. The molecule has 0 unspecified atom stereocenters. The molecule has 0 aliphatic rings. The van der Waals surface area contributed by atoms with Crippen molar-refractivity contribution in [2.45, 2.75) is 33.1 Å². The van der Waals surface area contributed by atoms with E-state index in [2.05, 4.69) is 26.1 Å². The molecule has 2 aromatic carbocycles. The summed E-state index contributed by atoms with van der Waals surface area (Å²) in [7, 11) is 0. The van der Waals surface area contributed by atoms with Crippen LogP contribution >= 0.6 is 0 Å². The molecule has 3 heteroatoms. The van der Waals surface area contributed by atoms with Gasteiger partial charge in [-0.1, -0.05) is 45.0 Å². The zero-order valence-corrected chi connectivity index (χ0v) is 13.0. The Morgan fingerprint density at radius 2 is 1.67 bits per heavy atom. The van der Waals surface area contributed by atoms with E-state index < -0.39 is 0 Å². The first-order valence-electron chi connectivity index (χ1n) is 7.06. The second-order valence-corrected chi connectivity index (χ2v) is 6.32. The number of anilines is 2. The van der Waals surface area contributed by atoms with Gasteiger partial charge in [-0.3, -0.25) is 4.79 Å². The molecule has 0 spiro atoms. The Morgan fingerprint density at radius 3 is 2.24 bits per heavy atom. The van der Waals surface area contributed by atoms with Gasteiger partial charge in [0.15, 0.2) is 0 Å². The van der Waals surface area contributed by atoms with E-state index in [0.29, 0.717) is 11.3 Å². The van der Waals surface area contributed by atoms with Gasteiger partial charge in [-0.05, 0) is 41.7 Å². The molecule has 2 aromatic rings. The number of hydrogen-bond donors (Lipinski definition) is 2. The summed E-state index contributed by atoms with van der Waals surface area (Å²) in [6.07, 6.45) is 0. The van der Waals surface area contributed by atoms with Crippen LogP contribution in [0.5, 0.6) is 0 Å². The molecule has 0 radical (unpaired) electrons. The largest absolute Gasteiger partial charge is 0.398 e. The molecule has 110 valence electrons. The molecule has 0 saturated carbocycles. The molecule has 0 aromatic heterocycles. The topological polar surface area (TPSA) is 55.1 Å². The quantitative estimate of drug-likeness (QED) is 0.814. The van der Waals surface area contributed by atoms with Crippen molar-refractivity contribution < 1.29 is 4.79 Å². The maximum atomic E-state index is 12.3. The lowest BCUT2D eigenvalue weighted by atomic mass is 9.87. The summed E-state index contributed by atoms with van der Waals surface area (Å²) in [5.74, 6) is -0.181. The predicted molar refractivity (Wildman–Crippen MR) is 88.7 cm³/mol. The number of carbonyl (C=O) groups excluding carboxylic acids is 1. The number of amides is 1. The van der Waals surface area contributed by atoms with Crippen LogP contribution in [0.1, 0.15) is 42.3 Å². The molecular formula is C18H22N2O. The van der Waals surface area contributed by atoms with Gasteiger partial charge in [0.25, 0.3) is 5.91 Å². The van der Waals surface area contributed by atoms with Crippen LogP contribution in [0.3, 0.4) is 0 Å². The molecule has 0 aliphatic carbocycles. The van der Waals surface area contributed by atoms with E-state index in [1.165, 1.54) is 5.56 Å². The fourth-order valence-corrected chi connectivity index (χ4v) is 2.13. The summed E-state index contributed by atoms with van der Waals surface area (Å²) < 4.78 is 0. The molecule has 0 heterocycles. The molecule has 21 heavy (non-hydrogen) atoms. The van der Waals surface area contributed by atoms with Crippen molar-refractivity contribution >= 4 is 17.3 Å². The van der Waals surface area contributed by atoms with Crippen molar-refractivity contribution in [1.29, 1.82) is 0 Å². The number of carbonyl (C=O) groups is 1. The van der Waals surface area contributed by atoms with Gasteiger partial charge in [0, 0.05) is 11.4 Å². The first kappa shape index (κ1) is 15.1. The Bertz CT molecular complexity index is 652. The van der Waals surface area contributed by atoms with Gasteiger partial charge in [-0.25, -0.2) is 0 Å². The minimum Gasteiger partial charge on any atom is -0.398 e. The molecule has 2 rings (SSSR count). The minimum absolute atomic E-state index is 0.101. The first-order chi connectivity index (χ1) is 9.79. The maximum absolute atomic E-state index is 12.3. The van der Waals surface area contributed by atoms with Crippen molar-refractivity contribution in [1.82, 2.24) is 0 Å². The standard InChI is InChI=1S/C18H22N2O/c1-12-6-5-7-15(16(12)19)17(21)20-14-10-8-13(9-11-14)18(2,3)4/h5-11H,19H2,1-4H3,(H,20,21). The number of rotatable bonds is 2. The number of aryl methyl sites for hydroxylation is 1. The summed E-state index contributed by atoms with van der Waals surface area (Å²) in [5, 5.41) is 2.89. The van der Waals surface area contributed by atoms with Crippen molar-refractivity contribution in [2.75, 3.05) is 11.1 Å². The number of hydrogen-bond acceptors (Lipinski definition) is 2. The monoisotopic (exact) mass is 282 g/mol. The van der Waals surface area contributed by atoms with Crippen LogP contribution in [0.2, 0.25) is 0 Å². The average molecular weight is 282 g/mol. The van der Waals surface area contributed by atoms with Gasteiger partial charge in [-0.2, -0.15) is 0 Å². The fourth-order valence-electron chi connectivity index (χ4n) is 2.13. The van der Waals surface area contributed by atoms with Gasteiger partial charge < -0.3 is 11.1 Å². The lowest BCUT2D eigenvalue weighted by molar-refractivity contribution is 0.102. The van der Waals surface area contributed by atoms with Crippen LogP contribution in [0.15, 0.2) is 42.5 Å². The third-order valence-electron chi connectivity index (χ3n) is 3.58. The van der Waals surface area contributed by atoms with E-state index in [-0.39, 0.29) is 11.3 Å². The Balaban J connectivity index is 2.18. The van der Waals surface area contributed by atoms with Gasteiger partial charge in [0.1, 0.15) is 0 Å². The minimum atomic E-state index is -0.181. The maximum Gasteiger partial charge on any atom is 0.257 e. The third kappa shape index (κ3) is 3.43. The Hall–Kier alpha value is -2.29. The first-order valence-corrected chi connectivity index (χ1v) is 7.06. The Morgan fingerprint density at radius 1 is 1.05 bits per heavy atom. The second-order valence-electron chi connectivity index (χ2n) is 6.32. The van der Waals surface area contributed by atoms with Crippen molar-refractivity contribution in [2.24, 2.45) is 0 Å². The van der Waals surface area contributed by atoms with E-state index >= 15 is 0 Å². The summed E-state index contributed by atoms with van der Waals surface area (Å²) in [6.45, 7) is 8.38. The molecular weight excluding hydrogens is 260 g/mol. The van der Waals surface area contributed by atoms with Crippen LogP contribution in [0.4, 0.5) is 11.4 Å². The molecule has 1 amide bonds. The summed E-state index contributed by atoms with van der Waals surface area (Å²) >= 11 is 0. The van der Waals surface area contributed by atoms with Gasteiger partial charge >= 0.3 is 0 Å². The average Bonchev–Trinajstić information content (AvgIpc) is 2.41. The molecule has 0 atom stereocenters. The second kappa shape index (κ2) is 5.60. The number of nitrogens with one attached hydrogen (secondary N) is 1. The van der Waals surface area contributed by atoms with Crippen LogP contribution in [-0.2, 0) is 5.41 Å². The van der Waals surface area contributed by atoms with Gasteiger partial charge in [-0.15, -0.1) is 0 Å². The number of benzene rings is 2. The summed E-state index contributed by atoms with van der Waals surface area (Å²) in [4.78, 5) is 12.3. The van der Waals surface area contributed by atoms with Gasteiger partial charge in [0.2, 0.25) is 0 Å². The smallest absolute Gasteiger partial charge is 0.257 e.